The Hall–Kier alpha value is -2.00. The molecule has 1 fully saturated rings. The average molecular weight is 337 g/mol. The Morgan fingerprint density at radius 3 is 2.65 bits per heavy atom. The second-order valence-corrected chi connectivity index (χ2v) is 6.85. The lowest BCUT2D eigenvalue weighted by Crippen LogP contribution is -2.51. The van der Waals surface area contributed by atoms with E-state index in [0.717, 1.165) is 36.5 Å². The Balaban J connectivity index is 1.59. The molecule has 1 saturated heterocycles. The third-order valence-corrected chi connectivity index (χ3v) is 5.09. The van der Waals surface area contributed by atoms with Crippen molar-refractivity contribution < 1.29 is 14.4 Å². The Bertz CT molecular complexity index is 624. The molecule has 0 unspecified atom stereocenters. The zero-order chi connectivity index (χ0) is 16.4. The van der Waals surface area contributed by atoms with Gasteiger partial charge in [0.2, 0.25) is 6.41 Å². The van der Waals surface area contributed by atoms with Crippen molar-refractivity contribution >= 4 is 34.7 Å². The van der Waals surface area contributed by atoms with Gasteiger partial charge in [-0.3, -0.25) is 19.7 Å². The molecule has 0 saturated carbocycles. The molecule has 2 aliphatic rings. The summed E-state index contributed by atoms with van der Waals surface area (Å²) in [5.41, 5.74) is 1.01. The highest BCUT2D eigenvalue weighted by Crippen LogP contribution is 2.27. The molecule has 3 amide bonds. The van der Waals surface area contributed by atoms with Crippen LogP contribution in [0.15, 0.2) is 0 Å². The number of anilines is 1. The predicted molar refractivity (Wildman–Crippen MR) is 85.0 cm³/mol. The van der Waals surface area contributed by atoms with E-state index in [2.05, 4.69) is 15.2 Å². The lowest BCUT2D eigenvalue weighted by atomic mass is 10.2. The molecule has 0 aliphatic carbocycles. The molecular weight excluding hydrogens is 318 g/mol. The number of likely N-dealkylation sites (N-methyl/N-ethyl adjacent to an activating group) is 1. The van der Waals surface area contributed by atoms with Crippen LogP contribution < -0.4 is 5.32 Å². The number of hydrogen-bond acceptors (Lipinski definition) is 6. The highest BCUT2D eigenvalue weighted by atomic mass is 32.1. The molecule has 0 aromatic carbocycles. The van der Waals surface area contributed by atoms with Crippen LogP contribution in [0, 0.1) is 0 Å². The van der Waals surface area contributed by atoms with Crippen molar-refractivity contribution in [2.45, 2.75) is 13.0 Å². The number of nitrogens with zero attached hydrogens (tertiary/aromatic N) is 4. The number of amides is 3. The zero-order valence-corrected chi connectivity index (χ0v) is 13.8. The monoisotopic (exact) mass is 337 g/mol. The summed E-state index contributed by atoms with van der Waals surface area (Å²) in [4.78, 5) is 45.8. The summed E-state index contributed by atoms with van der Waals surface area (Å²) in [6, 6.07) is 0. The maximum Gasteiger partial charge on any atom is 0.315 e. The van der Waals surface area contributed by atoms with E-state index in [9.17, 15) is 14.4 Å². The Labute approximate surface area is 138 Å². The van der Waals surface area contributed by atoms with Gasteiger partial charge in [-0.25, -0.2) is 4.98 Å². The summed E-state index contributed by atoms with van der Waals surface area (Å²) in [6.45, 7) is 3.45. The van der Waals surface area contributed by atoms with Crippen molar-refractivity contribution in [3.63, 3.8) is 0 Å². The minimum Gasteiger partial charge on any atom is -0.342 e. The van der Waals surface area contributed by atoms with E-state index in [1.807, 2.05) is 7.05 Å². The number of carbonyl (C=O) groups excluding carboxylic acids is 3. The van der Waals surface area contributed by atoms with Gasteiger partial charge in [0.05, 0.1) is 5.69 Å². The lowest BCUT2D eigenvalue weighted by Gasteiger charge is -2.31. The smallest absolute Gasteiger partial charge is 0.315 e. The van der Waals surface area contributed by atoms with Gasteiger partial charge in [0.15, 0.2) is 5.13 Å². The van der Waals surface area contributed by atoms with Gasteiger partial charge < -0.3 is 14.7 Å². The Morgan fingerprint density at radius 2 is 1.96 bits per heavy atom. The first-order valence-corrected chi connectivity index (χ1v) is 8.35. The van der Waals surface area contributed by atoms with Crippen molar-refractivity contribution in [2.24, 2.45) is 0 Å². The molecule has 9 heteroatoms. The molecule has 1 N–H and O–H groups in total. The molecule has 0 spiro atoms. The summed E-state index contributed by atoms with van der Waals surface area (Å²) < 4.78 is 0. The number of thiazole rings is 1. The van der Waals surface area contributed by atoms with E-state index in [4.69, 9.17) is 0 Å². The van der Waals surface area contributed by atoms with Gasteiger partial charge in [0, 0.05) is 50.6 Å². The highest BCUT2D eigenvalue weighted by molar-refractivity contribution is 7.16. The quantitative estimate of drug-likeness (QED) is 0.574. The van der Waals surface area contributed by atoms with Gasteiger partial charge in [-0.2, -0.15) is 0 Å². The summed E-state index contributed by atoms with van der Waals surface area (Å²) in [5.74, 6) is -1.23. The maximum absolute atomic E-state index is 12.2. The minimum absolute atomic E-state index is 0.379. The van der Waals surface area contributed by atoms with Gasteiger partial charge in [-0.05, 0) is 7.05 Å². The van der Waals surface area contributed by atoms with Gasteiger partial charge in [-0.1, -0.05) is 0 Å². The van der Waals surface area contributed by atoms with Crippen LogP contribution in [0.1, 0.15) is 10.6 Å². The summed E-state index contributed by atoms with van der Waals surface area (Å²) >= 11 is 1.43. The second-order valence-electron chi connectivity index (χ2n) is 5.76. The van der Waals surface area contributed by atoms with E-state index in [1.165, 1.54) is 16.2 Å². The predicted octanol–water partition coefficient (Wildman–Crippen LogP) is -0.630. The fraction of sp³-hybridized carbons (Fsp3) is 0.571. The van der Waals surface area contributed by atoms with Crippen molar-refractivity contribution in [3.8, 4) is 0 Å². The van der Waals surface area contributed by atoms with Gasteiger partial charge in [-0.15, -0.1) is 11.3 Å². The van der Waals surface area contributed by atoms with E-state index < -0.39 is 11.8 Å². The number of fused-ring (bicyclic) bond motifs is 1. The first-order valence-electron chi connectivity index (χ1n) is 7.53. The number of carbonyl (C=O) groups is 3. The highest BCUT2D eigenvalue weighted by Gasteiger charge is 2.27. The van der Waals surface area contributed by atoms with Crippen LogP contribution in [-0.2, 0) is 27.3 Å². The van der Waals surface area contributed by atoms with Crippen LogP contribution in [0.25, 0.3) is 0 Å². The molecule has 23 heavy (non-hydrogen) atoms. The third-order valence-electron chi connectivity index (χ3n) is 4.09. The molecule has 0 bridgehead atoms. The number of rotatable bonds is 2. The van der Waals surface area contributed by atoms with Crippen LogP contribution >= 0.6 is 11.3 Å². The SMILES string of the molecule is CN1CCc2nc(NC(=O)C(=O)N3CCN(C=O)CC3)sc2C1. The number of piperazine rings is 1. The molecule has 3 rings (SSSR count). The van der Waals surface area contributed by atoms with Crippen LogP contribution in [0.2, 0.25) is 0 Å². The van der Waals surface area contributed by atoms with E-state index >= 15 is 0 Å². The van der Waals surface area contributed by atoms with Crippen molar-refractivity contribution in [3.05, 3.63) is 10.6 Å². The molecule has 1 aromatic rings. The lowest BCUT2D eigenvalue weighted by molar-refractivity contribution is -0.144. The van der Waals surface area contributed by atoms with E-state index in [-0.39, 0.29) is 0 Å². The molecular formula is C14H19N5O3S. The van der Waals surface area contributed by atoms with Crippen LogP contribution in [0.4, 0.5) is 5.13 Å². The van der Waals surface area contributed by atoms with E-state index in [0.29, 0.717) is 31.3 Å². The van der Waals surface area contributed by atoms with Crippen molar-refractivity contribution in [1.29, 1.82) is 0 Å². The topological polar surface area (TPSA) is 85.8 Å². The molecule has 0 radical (unpaired) electrons. The first kappa shape index (κ1) is 15.9. The minimum atomic E-state index is -0.663. The van der Waals surface area contributed by atoms with Gasteiger partial charge in [0.25, 0.3) is 0 Å². The van der Waals surface area contributed by atoms with Crippen LogP contribution in [0.3, 0.4) is 0 Å². The van der Waals surface area contributed by atoms with Crippen molar-refractivity contribution in [2.75, 3.05) is 45.1 Å². The fourth-order valence-electron chi connectivity index (χ4n) is 2.70. The maximum atomic E-state index is 12.2. The Morgan fingerprint density at radius 1 is 1.22 bits per heavy atom. The largest absolute Gasteiger partial charge is 0.342 e. The van der Waals surface area contributed by atoms with Gasteiger partial charge in [0.1, 0.15) is 0 Å². The summed E-state index contributed by atoms with van der Waals surface area (Å²) in [7, 11) is 2.05. The van der Waals surface area contributed by atoms with Crippen LogP contribution in [-0.4, -0.2) is 77.7 Å². The molecule has 1 aromatic heterocycles. The summed E-state index contributed by atoms with van der Waals surface area (Å²) in [6.07, 6.45) is 1.62. The van der Waals surface area contributed by atoms with E-state index in [1.54, 1.807) is 4.90 Å². The van der Waals surface area contributed by atoms with Crippen LogP contribution in [0.5, 0.6) is 0 Å². The normalized spacial score (nSPS) is 18.5. The number of hydrogen-bond donors (Lipinski definition) is 1. The number of aromatic nitrogens is 1. The fourth-order valence-corrected chi connectivity index (χ4v) is 3.78. The zero-order valence-electron chi connectivity index (χ0n) is 12.9. The van der Waals surface area contributed by atoms with Gasteiger partial charge >= 0.3 is 11.8 Å². The molecule has 124 valence electrons. The molecule has 2 aliphatic heterocycles. The first-order chi connectivity index (χ1) is 11.1. The molecule has 8 nitrogen and oxygen atoms in total. The molecule has 3 heterocycles. The Kier molecular flexibility index (Phi) is 4.58. The third kappa shape index (κ3) is 3.50. The molecule has 0 atom stereocenters. The van der Waals surface area contributed by atoms with Crippen molar-refractivity contribution in [1.82, 2.24) is 19.7 Å². The number of nitrogens with one attached hydrogen (secondary N) is 1. The average Bonchev–Trinajstić information content (AvgIpc) is 2.95. The summed E-state index contributed by atoms with van der Waals surface area (Å²) in [5, 5.41) is 3.09. The second kappa shape index (κ2) is 6.63. The standard InChI is InChI=1S/C14H19N5O3S/c1-17-3-2-10-11(8-17)23-14(15-10)16-12(21)13(22)19-6-4-18(9-20)5-7-19/h9H,2-8H2,1H3,(H,15,16,21).